The van der Waals surface area contributed by atoms with Crippen molar-refractivity contribution in [3.05, 3.63) is 55.6 Å². The molecule has 0 radical (unpaired) electrons. The Morgan fingerprint density at radius 1 is 1.15 bits per heavy atom. The maximum Gasteiger partial charge on any atom is 0.247 e. The Labute approximate surface area is 251 Å². The molecule has 1 spiro atoms. The second-order valence-electron chi connectivity index (χ2n) is 11.8. The molecule has 1 N–H and O–H groups in total. The van der Waals surface area contributed by atoms with Crippen molar-refractivity contribution in [1.82, 2.24) is 9.80 Å². The first-order chi connectivity index (χ1) is 19.0. The number of halogens is 1. The molecule has 3 aliphatic heterocycles. The summed E-state index contributed by atoms with van der Waals surface area (Å²) in [7, 11) is 0. The van der Waals surface area contributed by atoms with Gasteiger partial charge in [-0.2, -0.15) is 0 Å². The van der Waals surface area contributed by atoms with Crippen molar-refractivity contribution < 1.29 is 19.5 Å². The van der Waals surface area contributed by atoms with Gasteiger partial charge >= 0.3 is 0 Å². The van der Waals surface area contributed by atoms with Crippen molar-refractivity contribution in [3.8, 4) is 0 Å². The van der Waals surface area contributed by atoms with Crippen LogP contribution in [0.3, 0.4) is 0 Å². The van der Waals surface area contributed by atoms with Crippen LogP contribution in [-0.2, 0) is 14.4 Å². The molecule has 0 saturated carbocycles. The molecular weight excluding hydrogens is 590 g/mol. The van der Waals surface area contributed by atoms with Crippen molar-refractivity contribution in [2.45, 2.75) is 73.5 Å². The average Bonchev–Trinajstić information content (AvgIpc) is 3.51. The van der Waals surface area contributed by atoms with Crippen molar-refractivity contribution in [1.29, 1.82) is 0 Å². The number of anilines is 1. The number of hydrogen-bond acceptors (Lipinski definition) is 5. The number of amides is 3. The molecule has 3 fully saturated rings. The van der Waals surface area contributed by atoms with Crippen LogP contribution in [0.25, 0.3) is 0 Å². The van der Waals surface area contributed by atoms with E-state index in [0.717, 1.165) is 5.69 Å². The van der Waals surface area contributed by atoms with Gasteiger partial charge in [0.2, 0.25) is 17.7 Å². The van der Waals surface area contributed by atoms with E-state index in [1.807, 2.05) is 58.0 Å². The molecule has 2 bridgehead atoms. The average molecular weight is 633 g/mol. The zero-order valence-electron chi connectivity index (χ0n) is 23.9. The van der Waals surface area contributed by atoms with Gasteiger partial charge in [-0.25, -0.2) is 0 Å². The Morgan fingerprint density at radius 2 is 1.80 bits per heavy atom. The number of benzene rings is 1. The molecule has 3 unspecified atom stereocenters. The van der Waals surface area contributed by atoms with E-state index in [1.165, 1.54) is 0 Å². The predicted octanol–water partition coefficient (Wildman–Crippen LogP) is 4.50. The fourth-order valence-corrected chi connectivity index (χ4v) is 10.5. The lowest BCUT2D eigenvalue weighted by Gasteiger charge is -2.41. The fourth-order valence-electron chi connectivity index (χ4n) is 6.93. The quantitative estimate of drug-likeness (QED) is 0.271. The lowest BCUT2D eigenvalue weighted by Crippen LogP contribution is -2.59. The van der Waals surface area contributed by atoms with Gasteiger partial charge in [0, 0.05) is 34.9 Å². The van der Waals surface area contributed by atoms with E-state index in [0.29, 0.717) is 25.9 Å². The Balaban J connectivity index is 1.84. The highest BCUT2D eigenvalue weighted by Crippen LogP contribution is 2.68. The fraction of sp³-hybridized carbons (Fsp3) is 0.581. The number of aliphatic hydroxyl groups is 1. The van der Waals surface area contributed by atoms with Gasteiger partial charge in [0.05, 0.1) is 29.2 Å². The van der Waals surface area contributed by atoms with Crippen molar-refractivity contribution in [2.75, 3.05) is 24.6 Å². The van der Waals surface area contributed by atoms with Crippen molar-refractivity contribution in [2.24, 2.45) is 17.8 Å². The number of para-hydroxylation sites is 1. The molecule has 40 heavy (non-hydrogen) atoms. The summed E-state index contributed by atoms with van der Waals surface area (Å²) in [6, 6.07) is 8.06. The minimum atomic E-state index is -0.777. The van der Waals surface area contributed by atoms with E-state index >= 15 is 0 Å². The van der Waals surface area contributed by atoms with Crippen LogP contribution in [0.4, 0.5) is 5.69 Å². The van der Waals surface area contributed by atoms with Crippen LogP contribution < -0.4 is 4.90 Å². The number of hydrogen-bond donors (Lipinski definition) is 1. The maximum absolute atomic E-state index is 14.6. The van der Waals surface area contributed by atoms with E-state index in [9.17, 15) is 19.5 Å². The summed E-state index contributed by atoms with van der Waals surface area (Å²) in [5, 5.41) is 10.4. The number of thioether (sulfide) groups is 1. The van der Waals surface area contributed by atoms with Crippen LogP contribution in [0.1, 0.15) is 40.5 Å². The normalized spacial score (nSPS) is 29.6. The van der Waals surface area contributed by atoms with Gasteiger partial charge in [-0.1, -0.05) is 60.1 Å². The highest BCUT2D eigenvalue weighted by atomic mass is 79.9. The topological polar surface area (TPSA) is 81.2 Å². The first kappa shape index (κ1) is 30.8. The first-order valence-electron chi connectivity index (χ1n) is 14.2. The first-order valence-corrected chi connectivity index (χ1v) is 16.0. The van der Waals surface area contributed by atoms with Crippen LogP contribution in [0, 0.1) is 17.8 Å². The summed E-state index contributed by atoms with van der Waals surface area (Å²) in [4.78, 5) is 48.6. The van der Waals surface area contributed by atoms with Gasteiger partial charge in [0.25, 0.3) is 0 Å². The van der Waals surface area contributed by atoms with Gasteiger partial charge in [-0.05, 0) is 44.7 Å². The molecule has 3 saturated heterocycles. The minimum Gasteiger partial charge on any atom is -0.394 e. The molecule has 9 heteroatoms. The van der Waals surface area contributed by atoms with Gasteiger partial charge < -0.3 is 19.8 Å². The highest BCUT2D eigenvalue weighted by Gasteiger charge is 2.76. The van der Waals surface area contributed by atoms with Gasteiger partial charge in [-0.15, -0.1) is 24.9 Å². The monoisotopic (exact) mass is 631 g/mol. The van der Waals surface area contributed by atoms with Crippen LogP contribution in [0.5, 0.6) is 0 Å². The molecule has 1 aromatic carbocycles. The summed E-state index contributed by atoms with van der Waals surface area (Å²) in [5.41, 5.74) is 0.750. The second kappa shape index (κ2) is 12.4. The number of carbonyl (C=O) groups is 3. The van der Waals surface area contributed by atoms with Crippen LogP contribution >= 0.6 is 27.7 Å². The molecule has 7 nitrogen and oxygen atoms in total. The largest absolute Gasteiger partial charge is 0.394 e. The van der Waals surface area contributed by atoms with E-state index in [1.54, 1.807) is 38.6 Å². The lowest BCUT2D eigenvalue weighted by atomic mass is 9.70. The number of rotatable bonds is 12. The Bertz CT molecular complexity index is 1130. The van der Waals surface area contributed by atoms with E-state index in [-0.39, 0.29) is 46.4 Å². The summed E-state index contributed by atoms with van der Waals surface area (Å²) >= 11 is 5.48. The van der Waals surface area contributed by atoms with E-state index in [4.69, 9.17) is 0 Å². The third kappa shape index (κ3) is 5.18. The molecule has 4 rings (SSSR count). The molecule has 3 aliphatic rings. The number of fused-ring (bicyclic) bond motifs is 1. The predicted molar refractivity (Wildman–Crippen MR) is 165 cm³/mol. The van der Waals surface area contributed by atoms with E-state index < -0.39 is 28.7 Å². The highest BCUT2D eigenvalue weighted by molar-refractivity contribution is 9.09. The van der Waals surface area contributed by atoms with Crippen LogP contribution in [0.2, 0.25) is 0 Å². The van der Waals surface area contributed by atoms with Gasteiger partial charge in [0.1, 0.15) is 6.04 Å². The number of alkyl halides is 1. The van der Waals surface area contributed by atoms with Crippen molar-refractivity contribution in [3.63, 3.8) is 0 Å². The molecule has 7 atom stereocenters. The molecule has 3 amide bonds. The third-order valence-electron chi connectivity index (χ3n) is 8.47. The Kier molecular flexibility index (Phi) is 9.57. The number of aliphatic hydroxyl groups excluding tert-OH is 1. The molecule has 218 valence electrons. The smallest absolute Gasteiger partial charge is 0.247 e. The molecule has 0 aromatic heterocycles. The van der Waals surface area contributed by atoms with Crippen molar-refractivity contribution >= 4 is 51.1 Å². The van der Waals surface area contributed by atoms with Gasteiger partial charge in [0.15, 0.2) is 0 Å². The molecular formula is C31H42BrN3O4S. The standard InChI is InChI=1S/C31H42BrN3O4S/c1-7-14-33(20(5)6)30(39)27-31-17-23(32)26(40-31)24(25(31)29(38)35(27)22(18-36)16-19(3)4)28(37)34(15-8-2)21-12-10-9-11-13-21/h7-13,19-20,22-27,36H,1-2,14-18H2,3-6H3/t22-,23?,24+,25+,26+,27?,31?/m1/s1. The van der Waals surface area contributed by atoms with Gasteiger partial charge in [-0.3, -0.25) is 14.4 Å². The molecule has 1 aromatic rings. The number of carbonyl (C=O) groups excluding carboxylic acids is 3. The Morgan fingerprint density at radius 3 is 2.35 bits per heavy atom. The SMILES string of the molecule is C=CCN(C(=O)[C@H]1[C@H]2C(=O)N([C@@H](CO)CC(C)C)C(C(=O)N(CC=C)C(C)C)C23CC(Br)[C@@H]1S3)c1ccccc1. The van der Waals surface area contributed by atoms with Crippen LogP contribution in [0.15, 0.2) is 55.6 Å². The zero-order valence-corrected chi connectivity index (χ0v) is 26.3. The second-order valence-corrected chi connectivity index (χ2v) is 14.5. The lowest BCUT2D eigenvalue weighted by molar-refractivity contribution is -0.146. The minimum absolute atomic E-state index is 0.0308. The summed E-state index contributed by atoms with van der Waals surface area (Å²) in [6.45, 7) is 16.2. The molecule has 0 aliphatic carbocycles. The summed E-state index contributed by atoms with van der Waals surface area (Å²) in [6.07, 6.45) is 4.57. The number of likely N-dealkylation sites (tertiary alicyclic amines) is 1. The summed E-state index contributed by atoms with van der Waals surface area (Å²) < 4.78 is -0.775. The summed E-state index contributed by atoms with van der Waals surface area (Å²) in [5.74, 6) is -1.52. The van der Waals surface area contributed by atoms with E-state index in [2.05, 4.69) is 29.1 Å². The third-order valence-corrected chi connectivity index (χ3v) is 11.7. The Hall–Kier alpha value is -2.10. The maximum atomic E-state index is 14.6. The number of nitrogens with zero attached hydrogens (tertiary/aromatic N) is 3. The van der Waals surface area contributed by atoms with Crippen LogP contribution in [-0.4, -0.2) is 85.3 Å². The molecule has 3 heterocycles. The zero-order chi connectivity index (χ0) is 29.4.